The lowest BCUT2D eigenvalue weighted by Crippen LogP contribution is -2.45. The summed E-state index contributed by atoms with van der Waals surface area (Å²) in [6, 6.07) is -0.545. The smallest absolute Gasteiger partial charge is 0.305 e. The van der Waals surface area contributed by atoms with E-state index < -0.39 is 12.1 Å². The van der Waals surface area contributed by atoms with Gasteiger partial charge in [0.2, 0.25) is 5.91 Å². The Labute approximate surface area is 469 Å². The van der Waals surface area contributed by atoms with Gasteiger partial charge < -0.3 is 20.3 Å². The van der Waals surface area contributed by atoms with Gasteiger partial charge in [0, 0.05) is 12.8 Å². The van der Waals surface area contributed by atoms with E-state index in [-0.39, 0.29) is 18.5 Å². The molecule has 0 aromatic rings. The van der Waals surface area contributed by atoms with Crippen molar-refractivity contribution in [2.75, 3.05) is 13.2 Å². The van der Waals surface area contributed by atoms with Crippen molar-refractivity contribution in [3.63, 3.8) is 0 Å². The predicted molar refractivity (Wildman–Crippen MR) is 329 cm³/mol. The van der Waals surface area contributed by atoms with Gasteiger partial charge in [-0.1, -0.05) is 334 Å². The molecule has 0 aliphatic heterocycles. The van der Waals surface area contributed by atoms with Crippen molar-refractivity contribution in [1.29, 1.82) is 0 Å². The lowest BCUT2D eigenvalue weighted by molar-refractivity contribution is -0.143. The van der Waals surface area contributed by atoms with Crippen LogP contribution in [-0.4, -0.2) is 47.4 Å². The summed E-state index contributed by atoms with van der Waals surface area (Å²) in [5, 5.41) is 23.4. The Morgan fingerprint density at radius 3 is 1.04 bits per heavy atom. The van der Waals surface area contributed by atoms with Gasteiger partial charge in [-0.3, -0.25) is 9.59 Å². The molecular formula is C69H133NO5. The Bertz CT molecular complexity index is 1170. The molecule has 3 N–H and O–H groups in total. The molecule has 0 bridgehead atoms. The van der Waals surface area contributed by atoms with E-state index in [2.05, 4.69) is 43.5 Å². The van der Waals surface area contributed by atoms with Gasteiger partial charge >= 0.3 is 5.97 Å². The number of carbonyl (C=O) groups is 2. The summed E-state index contributed by atoms with van der Waals surface area (Å²) in [6.45, 7) is 4.95. The molecule has 0 saturated carbocycles. The zero-order valence-corrected chi connectivity index (χ0v) is 50.8. The maximum absolute atomic E-state index is 12.5. The molecule has 0 radical (unpaired) electrons. The van der Waals surface area contributed by atoms with Gasteiger partial charge in [0.15, 0.2) is 0 Å². The molecule has 444 valence electrons. The van der Waals surface area contributed by atoms with Crippen LogP contribution >= 0.6 is 0 Å². The molecule has 6 heteroatoms. The van der Waals surface area contributed by atoms with Gasteiger partial charge in [0.25, 0.3) is 0 Å². The molecule has 75 heavy (non-hydrogen) atoms. The Balaban J connectivity index is 3.40. The third-order valence-electron chi connectivity index (χ3n) is 16.0. The summed E-state index contributed by atoms with van der Waals surface area (Å²) in [5.74, 6) is -0.0314. The first-order chi connectivity index (χ1) is 37.0. The molecule has 2 unspecified atom stereocenters. The predicted octanol–water partition coefficient (Wildman–Crippen LogP) is 21.8. The van der Waals surface area contributed by atoms with Crippen molar-refractivity contribution < 1.29 is 24.5 Å². The molecule has 0 rings (SSSR count). The number of rotatable bonds is 64. The fraction of sp³-hybridized carbons (Fsp3) is 0.913. The lowest BCUT2D eigenvalue weighted by atomic mass is 10.0. The second-order valence-corrected chi connectivity index (χ2v) is 23.5. The number of esters is 1. The largest absolute Gasteiger partial charge is 0.466 e. The van der Waals surface area contributed by atoms with Crippen LogP contribution in [0.4, 0.5) is 0 Å². The van der Waals surface area contributed by atoms with E-state index in [1.165, 1.54) is 295 Å². The standard InChI is InChI=1S/C69H133NO5/c1-3-5-7-9-11-13-15-17-19-21-22-23-24-26-30-33-37-41-45-49-53-57-61-67(72)66(65-71)70-68(73)62-58-54-50-46-42-38-34-31-27-25-28-32-36-40-44-48-52-56-60-64-75-69(74)63-59-55-51-47-43-39-35-29-20-18-16-14-12-10-8-6-4-2/h12,14,18,20,66-67,71-72H,3-11,13,15-17,19,21-65H2,1-2H3,(H,70,73)/b14-12-,20-18-. The van der Waals surface area contributed by atoms with E-state index in [1.807, 2.05) is 0 Å². The number of nitrogens with one attached hydrogen (secondary N) is 1. The highest BCUT2D eigenvalue weighted by Crippen LogP contribution is 2.19. The van der Waals surface area contributed by atoms with Crippen molar-refractivity contribution in [3.05, 3.63) is 24.3 Å². The first kappa shape index (κ1) is 73.3. The van der Waals surface area contributed by atoms with E-state index in [1.54, 1.807) is 0 Å². The highest BCUT2D eigenvalue weighted by molar-refractivity contribution is 5.76. The third kappa shape index (κ3) is 61.4. The fourth-order valence-corrected chi connectivity index (χ4v) is 10.8. The van der Waals surface area contributed by atoms with Gasteiger partial charge in [0.1, 0.15) is 0 Å². The maximum atomic E-state index is 12.5. The molecule has 0 fully saturated rings. The SMILES string of the molecule is CCCCC/C=C\C/C=C\CCCCCCCCCC(=O)OCCCCCCCCCCCCCCCCCCCCCC(=O)NC(CO)C(O)CCCCCCCCCCCCCCCCCCCCCCCC. The molecular weight excluding hydrogens is 923 g/mol. The van der Waals surface area contributed by atoms with Crippen molar-refractivity contribution >= 4 is 11.9 Å². The highest BCUT2D eigenvalue weighted by Gasteiger charge is 2.20. The molecule has 6 nitrogen and oxygen atoms in total. The number of hydrogen-bond donors (Lipinski definition) is 3. The molecule has 1 amide bonds. The number of hydrogen-bond acceptors (Lipinski definition) is 5. The van der Waals surface area contributed by atoms with E-state index in [0.717, 1.165) is 51.4 Å². The number of ether oxygens (including phenoxy) is 1. The second-order valence-electron chi connectivity index (χ2n) is 23.5. The summed E-state index contributed by atoms with van der Waals surface area (Å²) in [7, 11) is 0. The van der Waals surface area contributed by atoms with E-state index in [4.69, 9.17) is 4.74 Å². The highest BCUT2D eigenvalue weighted by atomic mass is 16.5. The molecule has 2 atom stereocenters. The van der Waals surface area contributed by atoms with Gasteiger partial charge in [-0.05, 0) is 57.8 Å². The maximum Gasteiger partial charge on any atom is 0.305 e. The Hall–Kier alpha value is -1.66. The topological polar surface area (TPSA) is 95.9 Å². The number of allylic oxidation sites excluding steroid dienone is 4. The van der Waals surface area contributed by atoms with Gasteiger partial charge in [-0.25, -0.2) is 0 Å². The molecule has 0 spiro atoms. The fourth-order valence-electron chi connectivity index (χ4n) is 10.8. The molecule has 0 aliphatic rings. The van der Waals surface area contributed by atoms with Crippen LogP contribution in [0.25, 0.3) is 0 Å². The van der Waals surface area contributed by atoms with Gasteiger partial charge in [-0.2, -0.15) is 0 Å². The average molecular weight is 1060 g/mol. The monoisotopic (exact) mass is 1060 g/mol. The van der Waals surface area contributed by atoms with Crippen LogP contribution in [0.2, 0.25) is 0 Å². The number of aliphatic hydroxyl groups is 2. The minimum absolute atomic E-state index is 0.00235. The zero-order chi connectivity index (χ0) is 54.3. The summed E-state index contributed by atoms with van der Waals surface area (Å²) < 4.78 is 5.49. The normalized spacial score (nSPS) is 12.6. The molecule has 0 aromatic heterocycles. The van der Waals surface area contributed by atoms with Crippen LogP contribution < -0.4 is 5.32 Å². The van der Waals surface area contributed by atoms with Crippen LogP contribution in [0.15, 0.2) is 24.3 Å². The van der Waals surface area contributed by atoms with E-state index in [0.29, 0.717) is 25.9 Å². The summed E-state index contributed by atoms with van der Waals surface area (Å²) >= 11 is 0. The van der Waals surface area contributed by atoms with Gasteiger partial charge in [-0.15, -0.1) is 0 Å². The van der Waals surface area contributed by atoms with Crippen LogP contribution in [0.1, 0.15) is 380 Å². The number of unbranched alkanes of at least 4 members (excludes halogenated alkanes) is 49. The quantitative estimate of drug-likeness (QED) is 0.0320. The molecule has 0 aliphatic carbocycles. The van der Waals surface area contributed by atoms with E-state index in [9.17, 15) is 19.8 Å². The van der Waals surface area contributed by atoms with Gasteiger partial charge in [0.05, 0.1) is 25.4 Å². The van der Waals surface area contributed by atoms with Crippen molar-refractivity contribution in [3.8, 4) is 0 Å². The second kappa shape index (κ2) is 64.9. The minimum Gasteiger partial charge on any atom is -0.466 e. The van der Waals surface area contributed by atoms with Crippen LogP contribution in [-0.2, 0) is 14.3 Å². The van der Waals surface area contributed by atoms with Crippen molar-refractivity contribution in [2.45, 2.75) is 392 Å². The van der Waals surface area contributed by atoms with Crippen molar-refractivity contribution in [2.24, 2.45) is 0 Å². The molecule has 0 heterocycles. The molecule has 0 saturated heterocycles. The summed E-state index contributed by atoms with van der Waals surface area (Å²) in [4.78, 5) is 24.6. The summed E-state index contributed by atoms with van der Waals surface area (Å²) in [5.41, 5.74) is 0. The number of carbonyl (C=O) groups excluding carboxylic acids is 2. The Morgan fingerprint density at radius 1 is 0.373 bits per heavy atom. The Morgan fingerprint density at radius 2 is 0.667 bits per heavy atom. The number of amides is 1. The first-order valence-electron chi connectivity index (χ1n) is 34.1. The van der Waals surface area contributed by atoms with Crippen molar-refractivity contribution in [1.82, 2.24) is 5.32 Å². The minimum atomic E-state index is -0.668. The Kier molecular flexibility index (Phi) is 63.4. The molecule has 0 aromatic carbocycles. The van der Waals surface area contributed by atoms with Crippen LogP contribution in [0.5, 0.6) is 0 Å². The lowest BCUT2D eigenvalue weighted by Gasteiger charge is -2.22. The van der Waals surface area contributed by atoms with Crippen LogP contribution in [0.3, 0.4) is 0 Å². The summed E-state index contributed by atoms with van der Waals surface area (Å²) in [6.07, 6.45) is 80.6. The number of aliphatic hydroxyl groups excluding tert-OH is 2. The van der Waals surface area contributed by atoms with Crippen LogP contribution in [0, 0.1) is 0 Å². The third-order valence-corrected chi connectivity index (χ3v) is 16.0. The zero-order valence-electron chi connectivity index (χ0n) is 50.8. The first-order valence-corrected chi connectivity index (χ1v) is 34.1. The average Bonchev–Trinajstić information content (AvgIpc) is 3.41. The van der Waals surface area contributed by atoms with E-state index >= 15 is 0 Å².